The molecule has 1 saturated carbocycles. The zero-order valence-electron chi connectivity index (χ0n) is 10.3. The highest BCUT2D eigenvalue weighted by Crippen LogP contribution is 2.31. The third-order valence-corrected chi connectivity index (χ3v) is 3.32. The number of nitrogens with two attached hydrogens (primary N) is 1. The molecular weight excluding hydrogens is 257 g/mol. The smallest absolute Gasteiger partial charge is 0.398 e. The van der Waals surface area contributed by atoms with Gasteiger partial charge in [-0.2, -0.15) is 13.2 Å². The molecule has 1 aromatic carbocycles. The first-order valence-corrected chi connectivity index (χ1v) is 6.15. The summed E-state index contributed by atoms with van der Waals surface area (Å²) in [4.78, 5) is 11.9. The van der Waals surface area contributed by atoms with Gasteiger partial charge in [0, 0.05) is 11.7 Å². The fourth-order valence-electron chi connectivity index (χ4n) is 2.26. The molecule has 3 N–H and O–H groups in total. The minimum Gasteiger partial charge on any atom is -0.398 e. The Hall–Kier alpha value is -1.72. The van der Waals surface area contributed by atoms with E-state index in [1.165, 1.54) is 0 Å². The molecule has 0 atom stereocenters. The number of rotatable bonds is 2. The highest BCUT2D eigenvalue weighted by atomic mass is 19.4. The standard InChI is InChI=1S/C13H15F3N2O/c14-13(15,16)8-5-6-11(17)10(7-8)12(19)18-9-3-1-2-4-9/h5-7,9H,1-4,17H2,(H,18,19). The monoisotopic (exact) mass is 272 g/mol. The van der Waals surface area contributed by atoms with Crippen LogP contribution in [0.5, 0.6) is 0 Å². The first-order chi connectivity index (χ1) is 8.88. The summed E-state index contributed by atoms with van der Waals surface area (Å²) in [6.45, 7) is 0. The maximum atomic E-state index is 12.6. The van der Waals surface area contributed by atoms with E-state index in [1.807, 2.05) is 0 Å². The Morgan fingerprint density at radius 2 is 1.89 bits per heavy atom. The van der Waals surface area contributed by atoms with Gasteiger partial charge >= 0.3 is 6.18 Å². The molecule has 0 bridgehead atoms. The molecule has 0 heterocycles. The summed E-state index contributed by atoms with van der Waals surface area (Å²) in [7, 11) is 0. The van der Waals surface area contributed by atoms with Crippen molar-refractivity contribution in [2.24, 2.45) is 0 Å². The van der Waals surface area contributed by atoms with E-state index in [4.69, 9.17) is 5.73 Å². The number of hydrogen-bond donors (Lipinski definition) is 2. The van der Waals surface area contributed by atoms with Gasteiger partial charge in [0.2, 0.25) is 0 Å². The molecule has 6 heteroatoms. The van der Waals surface area contributed by atoms with Crippen LogP contribution in [-0.4, -0.2) is 11.9 Å². The molecule has 1 aliphatic carbocycles. The van der Waals surface area contributed by atoms with Crippen molar-refractivity contribution in [2.75, 3.05) is 5.73 Å². The molecule has 0 radical (unpaired) electrons. The van der Waals surface area contributed by atoms with Gasteiger partial charge in [-0.15, -0.1) is 0 Å². The van der Waals surface area contributed by atoms with E-state index >= 15 is 0 Å². The lowest BCUT2D eigenvalue weighted by Gasteiger charge is -2.14. The highest BCUT2D eigenvalue weighted by Gasteiger charge is 2.31. The molecule has 3 nitrogen and oxygen atoms in total. The number of nitrogens with one attached hydrogen (secondary N) is 1. The van der Waals surface area contributed by atoms with Gasteiger partial charge in [-0.25, -0.2) is 0 Å². The summed E-state index contributed by atoms with van der Waals surface area (Å²) in [5, 5.41) is 2.73. The lowest BCUT2D eigenvalue weighted by molar-refractivity contribution is -0.137. The fourth-order valence-corrected chi connectivity index (χ4v) is 2.26. The van der Waals surface area contributed by atoms with Crippen molar-refractivity contribution in [3.63, 3.8) is 0 Å². The molecule has 19 heavy (non-hydrogen) atoms. The lowest BCUT2D eigenvalue weighted by atomic mass is 10.1. The van der Waals surface area contributed by atoms with Crippen LogP contribution in [0.3, 0.4) is 0 Å². The first kappa shape index (κ1) is 13.7. The Morgan fingerprint density at radius 1 is 1.26 bits per heavy atom. The average molecular weight is 272 g/mol. The predicted molar refractivity (Wildman–Crippen MR) is 65.6 cm³/mol. The van der Waals surface area contributed by atoms with Crippen LogP contribution in [0.1, 0.15) is 41.6 Å². The predicted octanol–water partition coefficient (Wildman–Crippen LogP) is 2.96. The Kier molecular flexibility index (Phi) is 3.68. The summed E-state index contributed by atoms with van der Waals surface area (Å²) < 4.78 is 37.8. The Balaban J connectivity index is 2.20. The zero-order valence-corrected chi connectivity index (χ0v) is 10.3. The second-order valence-electron chi connectivity index (χ2n) is 4.75. The van der Waals surface area contributed by atoms with E-state index in [1.54, 1.807) is 0 Å². The van der Waals surface area contributed by atoms with Gasteiger partial charge in [-0.3, -0.25) is 4.79 Å². The van der Waals surface area contributed by atoms with E-state index in [0.29, 0.717) is 0 Å². The summed E-state index contributed by atoms with van der Waals surface area (Å²) in [6, 6.07) is 2.84. The van der Waals surface area contributed by atoms with Crippen molar-refractivity contribution in [1.82, 2.24) is 5.32 Å². The molecule has 1 aromatic rings. The van der Waals surface area contributed by atoms with Crippen molar-refractivity contribution in [1.29, 1.82) is 0 Å². The second-order valence-corrected chi connectivity index (χ2v) is 4.75. The Morgan fingerprint density at radius 3 is 2.47 bits per heavy atom. The zero-order chi connectivity index (χ0) is 14.0. The molecule has 0 aromatic heterocycles. The Labute approximate surface area is 109 Å². The maximum absolute atomic E-state index is 12.6. The van der Waals surface area contributed by atoms with Gasteiger partial charge in [0.25, 0.3) is 5.91 Å². The number of halogens is 3. The van der Waals surface area contributed by atoms with E-state index in [9.17, 15) is 18.0 Å². The minimum absolute atomic E-state index is 0.0430. The molecule has 1 amide bonds. The highest BCUT2D eigenvalue weighted by molar-refractivity contribution is 5.99. The number of carbonyl (C=O) groups excluding carboxylic acids is 1. The van der Waals surface area contributed by atoms with Gasteiger partial charge in [0.05, 0.1) is 11.1 Å². The van der Waals surface area contributed by atoms with Crippen molar-refractivity contribution in [2.45, 2.75) is 37.9 Å². The summed E-state index contributed by atoms with van der Waals surface area (Å²) in [5.41, 5.74) is 4.67. The van der Waals surface area contributed by atoms with E-state index in [2.05, 4.69) is 5.32 Å². The third kappa shape index (κ3) is 3.19. The topological polar surface area (TPSA) is 55.1 Å². The first-order valence-electron chi connectivity index (χ1n) is 6.15. The van der Waals surface area contributed by atoms with Gasteiger partial charge in [-0.1, -0.05) is 12.8 Å². The van der Waals surface area contributed by atoms with Gasteiger partial charge in [0.1, 0.15) is 0 Å². The minimum atomic E-state index is -4.48. The summed E-state index contributed by atoms with van der Waals surface area (Å²) >= 11 is 0. The van der Waals surface area contributed by atoms with Crippen molar-refractivity contribution in [3.05, 3.63) is 29.3 Å². The van der Waals surface area contributed by atoms with Crippen LogP contribution in [0.15, 0.2) is 18.2 Å². The molecule has 0 aliphatic heterocycles. The van der Waals surface area contributed by atoms with Crippen LogP contribution < -0.4 is 11.1 Å². The van der Waals surface area contributed by atoms with Crippen LogP contribution in [0.2, 0.25) is 0 Å². The van der Waals surface area contributed by atoms with Gasteiger partial charge in [-0.05, 0) is 31.0 Å². The number of anilines is 1. The number of alkyl halides is 3. The van der Waals surface area contributed by atoms with Crippen LogP contribution >= 0.6 is 0 Å². The number of amides is 1. The summed E-state index contributed by atoms with van der Waals surface area (Å²) in [5.74, 6) is -0.532. The van der Waals surface area contributed by atoms with Crippen LogP contribution in [0, 0.1) is 0 Å². The lowest BCUT2D eigenvalue weighted by Crippen LogP contribution is -2.33. The number of hydrogen-bond acceptors (Lipinski definition) is 2. The van der Waals surface area contributed by atoms with Crippen molar-refractivity contribution < 1.29 is 18.0 Å². The molecule has 1 fully saturated rings. The Bertz CT molecular complexity index is 479. The molecular formula is C13H15F3N2O. The van der Waals surface area contributed by atoms with Crippen LogP contribution in [-0.2, 0) is 6.18 Å². The molecule has 0 unspecified atom stereocenters. The third-order valence-electron chi connectivity index (χ3n) is 3.32. The maximum Gasteiger partial charge on any atom is 0.416 e. The van der Waals surface area contributed by atoms with Crippen molar-refractivity contribution >= 4 is 11.6 Å². The molecule has 0 spiro atoms. The molecule has 1 aliphatic rings. The fraction of sp³-hybridized carbons (Fsp3) is 0.462. The number of carbonyl (C=O) groups is 1. The van der Waals surface area contributed by atoms with E-state index < -0.39 is 17.6 Å². The number of nitrogen functional groups attached to an aromatic ring is 1. The molecule has 2 rings (SSSR count). The normalized spacial score (nSPS) is 16.6. The van der Waals surface area contributed by atoms with Crippen LogP contribution in [0.25, 0.3) is 0 Å². The number of benzene rings is 1. The van der Waals surface area contributed by atoms with E-state index in [0.717, 1.165) is 43.9 Å². The SMILES string of the molecule is Nc1ccc(C(F)(F)F)cc1C(=O)NC1CCCC1. The van der Waals surface area contributed by atoms with Crippen molar-refractivity contribution in [3.8, 4) is 0 Å². The second kappa shape index (κ2) is 5.11. The summed E-state index contributed by atoms with van der Waals surface area (Å²) in [6.07, 6.45) is -0.683. The van der Waals surface area contributed by atoms with Gasteiger partial charge < -0.3 is 11.1 Å². The molecule has 0 saturated heterocycles. The van der Waals surface area contributed by atoms with E-state index in [-0.39, 0.29) is 17.3 Å². The largest absolute Gasteiger partial charge is 0.416 e. The quantitative estimate of drug-likeness (QED) is 0.813. The molecule has 104 valence electrons. The average Bonchev–Trinajstić information content (AvgIpc) is 2.80. The van der Waals surface area contributed by atoms with Gasteiger partial charge in [0.15, 0.2) is 0 Å². The van der Waals surface area contributed by atoms with Crippen LogP contribution in [0.4, 0.5) is 18.9 Å².